The molecule has 10 aromatic rings. The Kier molecular flexibility index (Phi) is 7.26. The molecular weight excluding hydrogens is 731 g/mol. The van der Waals surface area contributed by atoms with Gasteiger partial charge in [0.05, 0.1) is 10.2 Å². The van der Waals surface area contributed by atoms with Gasteiger partial charge >= 0.3 is 0 Å². The molecule has 0 saturated carbocycles. The SMILES string of the molecule is CC1(C)c2ccccc2-c2ccc(-c3c4ccccc4c(-c4ccc5c(c4)C(C)(C)c4ccccc4-5)c4cc(-c5ccc(-c6nc7ccccc7s6)cc5)ccc34)cc21. The molecule has 0 saturated heterocycles. The second-order valence-electron chi connectivity index (χ2n) is 17.5. The molecule has 0 N–H and O–H groups in total. The second kappa shape index (κ2) is 12.4. The zero-order valence-electron chi connectivity index (χ0n) is 33.6. The molecule has 2 aliphatic rings. The van der Waals surface area contributed by atoms with Gasteiger partial charge in [0.1, 0.15) is 5.01 Å². The van der Waals surface area contributed by atoms with Crippen molar-refractivity contribution in [3.8, 4) is 66.2 Å². The van der Waals surface area contributed by atoms with E-state index >= 15 is 0 Å². The molecule has 2 aliphatic carbocycles. The normalized spacial score (nSPS) is 14.4. The summed E-state index contributed by atoms with van der Waals surface area (Å²) in [6.45, 7) is 9.51. The Morgan fingerprint density at radius 2 is 0.814 bits per heavy atom. The van der Waals surface area contributed by atoms with Crippen LogP contribution in [0.5, 0.6) is 0 Å². The van der Waals surface area contributed by atoms with Gasteiger partial charge in [0, 0.05) is 16.4 Å². The summed E-state index contributed by atoms with van der Waals surface area (Å²) in [6.07, 6.45) is 0. The first-order valence-electron chi connectivity index (χ1n) is 20.7. The molecule has 59 heavy (non-hydrogen) atoms. The van der Waals surface area contributed by atoms with Crippen LogP contribution in [0.3, 0.4) is 0 Å². The first-order valence-corrected chi connectivity index (χ1v) is 21.5. The van der Waals surface area contributed by atoms with Crippen LogP contribution in [-0.2, 0) is 10.8 Å². The van der Waals surface area contributed by atoms with E-state index in [0.717, 1.165) is 16.1 Å². The third-order valence-corrected chi connectivity index (χ3v) is 14.6. The highest BCUT2D eigenvalue weighted by molar-refractivity contribution is 7.21. The maximum absolute atomic E-state index is 4.95. The van der Waals surface area contributed by atoms with E-state index in [-0.39, 0.29) is 10.8 Å². The minimum absolute atomic E-state index is 0.0903. The van der Waals surface area contributed by atoms with Crippen LogP contribution in [0.1, 0.15) is 49.9 Å². The molecule has 1 nitrogen and oxygen atoms in total. The third-order valence-electron chi connectivity index (χ3n) is 13.5. The fourth-order valence-electron chi connectivity index (χ4n) is 10.5. The highest BCUT2D eigenvalue weighted by Gasteiger charge is 2.37. The summed E-state index contributed by atoms with van der Waals surface area (Å²) in [5.74, 6) is 0. The molecule has 1 aromatic heterocycles. The Balaban J connectivity index is 1.09. The molecule has 0 bridgehead atoms. The van der Waals surface area contributed by atoms with Gasteiger partial charge in [-0.1, -0.05) is 173 Å². The molecule has 0 unspecified atom stereocenters. The van der Waals surface area contributed by atoms with E-state index in [1.807, 2.05) is 0 Å². The van der Waals surface area contributed by atoms with Gasteiger partial charge < -0.3 is 0 Å². The van der Waals surface area contributed by atoms with Crippen molar-refractivity contribution in [1.29, 1.82) is 0 Å². The van der Waals surface area contributed by atoms with E-state index in [9.17, 15) is 0 Å². The number of para-hydroxylation sites is 1. The maximum atomic E-state index is 4.95. The van der Waals surface area contributed by atoms with Crippen molar-refractivity contribution < 1.29 is 0 Å². The largest absolute Gasteiger partial charge is 0.236 e. The molecule has 0 amide bonds. The lowest BCUT2D eigenvalue weighted by Gasteiger charge is -2.24. The van der Waals surface area contributed by atoms with Gasteiger partial charge in [-0.15, -0.1) is 11.3 Å². The zero-order chi connectivity index (χ0) is 39.6. The predicted molar refractivity (Wildman–Crippen MR) is 252 cm³/mol. The van der Waals surface area contributed by atoms with Crippen LogP contribution in [-0.4, -0.2) is 4.98 Å². The van der Waals surface area contributed by atoms with Gasteiger partial charge in [-0.2, -0.15) is 0 Å². The number of thiazole rings is 1. The topological polar surface area (TPSA) is 12.9 Å². The zero-order valence-corrected chi connectivity index (χ0v) is 34.4. The van der Waals surface area contributed by atoms with Crippen LogP contribution in [0.15, 0.2) is 176 Å². The number of nitrogens with zero attached hydrogens (tertiary/aromatic N) is 1. The number of rotatable bonds is 4. The number of benzene rings is 9. The molecule has 9 aromatic carbocycles. The van der Waals surface area contributed by atoms with E-state index in [2.05, 4.69) is 204 Å². The number of hydrogen-bond donors (Lipinski definition) is 0. The Morgan fingerprint density at radius 3 is 1.42 bits per heavy atom. The van der Waals surface area contributed by atoms with Crippen molar-refractivity contribution in [1.82, 2.24) is 4.98 Å². The fourth-order valence-corrected chi connectivity index (χ4v) is 11.5. The average Bonchev–Trinajstić information content (AvgIpc) is 3.88. The Hall–Kier alpha value is -6.61. The lowest BCUT2D eigenvalue weighted by atomic mass is 9.79. The summed E-state index contributed by atoms with van der Waals surface area (Å²) in [5, 5.41) is 6.14. The van der Waals surface area contributed by atoms with Crippen LogP contribution in [0.25, 0.3) is 98.0 Å². The van der Waals surface area contributed by atoms with Crippen molar-refractivity contribution in [2.75, 3.05) is 0 Å². The van der Waals surface area contributed by atoms with E-state index in [1.54, 1.807) is 11.3 Å². The van der Waals surface area contributed by atoms with Crippen LogP contribution in [0.2, 0.25) is 0 Å². The van der Waals surface area contributed by atoms with E-state index in [0.29, 0.717) is 0 Å². The number of hydrogen-bond acceptors (Lipinski definition) is 2. The fraction of sp³-hybridized carbons (Fsp3) is 0.105. The summed E-state index contributed by atoms with van der Waals surface area (Å²) >= 11 is 1.75. The standard InChI is InChI=1S/C57H41NS/c1-56(2)47-17-9-7-13-39(47)41-28-26-37(32-49(41)56)53-43-15-5-6-16-44(43)54(38-27-29-42-40-14-8-10-18-48(40)57(3,4)50(42)33-38)46-31-36(25-30-45(46)53)34-21-23-35(24-22-34)55-58-51-19-11-12-20-52(51)59-55/h5-33H,1-4H3. The summed E-state index contributed by atoms with van der Waals surface area (Å²) < 4.78 is 1.21. The molecule has 1 heterocycles. The van der Waals surface area contributed by atoms with Gasteiger partial charge in [0.15, 0.2) is 0 Å². The summed E-state index contributed by atoms with van der Waals surface area (Å²) in [6, 6.07) is 66.0. The van der Waals surface area contributed by atoms with Crippen molar-refractivity contribution in [2.45, 2.75) is 38.5 Å². The minimum atomic E-state index is -0.0988. The minimum Gasteiger partial charge on any atom is -0.236 e. The molecule has 0 radical (unpaired) electrons. The highest BCUT2D eigenvalue weighted by Crippen LogP contribution is 2.53. The van der Waals surface area contributed by atoms with Crippen LogP contribution >= 0.6 is 11.3 Å². The molecule has 0 aliphatic heterocycles. The van der Waals surface area contributed by atoms with E-state index < -0.39 is 0 Å². The first-order chi connectivity index (χ1) is 28.8. The molecule has 2 heteroatoms. The van der Waals surface area contributed by atoms with Gasteiger partial charge in [-0.05, 0) is 130 Å². The summed E-state index contributed by atoms with van der Waals surface area (Å²) in [7, 11) is 0. The van der Waals surface area contributed by atoms with Gasteiger partial charge in [0.25, 0.3) is 0 Å². The molecule has 0 atom stereocenters. The second-order valence-corrected chi connectivity index (χ2v) is 18.5. The van der Waals surface area contributed by atoms with Gasteiger partial charge in [-0.3, -0.25) is 0 Å². The van der Waals surface area contributed by atoms with Gasteiger partial charge in [0.2, 0.25) is 0 Å². The summed E-state index contributed by atoms with van der Waals surface area (Å²) in [5.41, 5.74) is 20.5. The van der Waals surface area contributed by atoms with Crippen molar-refractivity contribution in [2.24, 2.45) is 0 Å². The number of aromatic nitrogens is 1. The van der Waals surface area contributed by atoms with Gasteiger partial charge in [-0.25, -0.2) is 4.98 Å². The maximum Gasteiger partial charge on any atom is 0.124 e. The molecule has 0 spiro atoms. The Bertz CT molecular complexity index is 3340. The van der Waals surface area contributed by atoms with Crippen LogP contribution in [0.4, 0.5) is 0 Å². The van der Waals surface area contributed by atoms with E-state index in [1.165, 1.54) is 104 Å². The molecular formula is C57H41NS. The first kappa shape index (κ1) is 34.4. The molecule has 12 rings (SSSR count). The van der Waals surface area contributed by atoms with Crippen LogP contribution in [0, 0.1) is 0 Å². The Labute approximate surface area is 349 Å². The third kappa shape index (κ3) is 5.00. The van der Waals surface area contributed by atoms with Crippen molar-refractivity contribution in [3.05, 3.63) is 198 Å². The van der Waals surface area contributed by atoms with Crippen LogP contribution < -0.4 is 0 Å². The molecule has 0 fully saturated rings. The smallest absolute Gasteiger partial charge is 0.124 e. The monoisotopic (exact) mass is 771 g/mol. The Morgan fingerprint density at radius 1 is 0.356 bits per heavy atom. The predicted octanol–water partition coefficient (Wildman–Crippen LogP) is 15.9. The average molecular weight is 772 g/mol. The summed E-state index contributed by atoms with van der Waals surface area (Å²) in [4.78, 5) is 4.95. The quantitative estimate of drug-likeness (QED) is 0.162. The van der Waals surface area contributed by atoms with E-state index in [4.69, 9.17) is 4.98 Å². The highest BCUT2D eigenvalue weighted by atomic mass is 32.1. The lowest BCUT2D eigenvalue weighted by molar-refractivity contribution is 0.660. The van der Waals surface area contributed by atoms with Crippen molar-refractivity contribution >= 4 is 43.1 Å². The lowest BCUT2D eigenvalue weighted by Crippen LogP contribution is -2.15. The molecule has 280 valence electrons. The number of fused-ring (bicyclic) bond motifs is 9. The van der Waals surface area contributed by atoms with Crippen molar-refractivity contribution in [3.63, 3.8) is 0 Å².